The summed E-state index contributed by atoms with van der Waals surface area (Å²) in [5.74, 6) is 0.594. The Bertz CT molecular complexity index is 529. The van der Waals surface area contributed by atoms with Crippen LogP contribution in [0.3, 0.4) is 0 Å². The molecule has 5 nitrogen and oxygen atoms in total. The Balaban J connectivity index is 1.79. The topological polar surface area (TPSA) is 54.2 Å². The molecule has 1 aromatic heterocycles. The first-order chi connectivity index (χ1) is 9.36. The standard InChI is InChI=1S/C14H18N4O/c1-2-11-3-5-12(6-4-11)13-16-17-14(19-13)18-9-7-15-8-10-18/h3-6,15H,2,7-10H2,1H3. The summed E-state index contributed by atoms with van der Waals surface area (Å²) in [7, 11) is 0. The second-order valence-electron chi connectivity index (χ2n) is 4.68. The molecule has 19 heavy (non-hydrogen) atoms. The smallest absolute Gasteiger partial charge is 0.318 e. The minimum atomic E-state index is 0.594. The number of rotatable bonds is 3. The van der Waals surface area contributed by atoms with Crippen molar-refractivity contribution in [1.82, 2.24) is 15.5 Å². The lowest BCUT2D eigenvalue weighted by atomic mass is 10.1. The molecule has 2 heterocycles. The number of hydrogen-bond donors (Lipinski definition) is 1. The first kappa shape index (κ1) is 12.2. The van der Waals surface area contributed by atoms with Crippen LogP contribution in [-0.2, 0) is 6.42 Å². The van der Waals surface area contributed by atoms with E-state index in [9.17, 15) is 0 Å². The number of aromatic nitrogens is 2. The molecule has 1 aliphatic rings. The van der Waals surface area contributed by atoms with Crippen molar-refractivity contribution in [1.29, 1.82) is 0 Å². The van der Waals surface area contributed by atoms with Gasteiger partial charge < -0.3 is 14.6 Å². The summed E-state index contributed by atoms with van der Waals surface area (Å²) < 4.78 is 5.76. The zero-order chi connectivity index (χ0) is 13.1. The summed E-state index contributed by atoms with van der Waals surface area (Å²) in [5.41, 5.74) is 2.29. The van der Waals surface area contributed by atoms with Gasteiger partial charge in [-0.15, -0.1) is 5.10 Å². The van der Waals surface area contributed by atoms with E-state index in [1.54, 1.807) is 0 Å². The molecule has 0 saturated carbocycles. The van der Waals surface area contributed by atoms with Gasteiger partial charge in [-0.2, -0.15) is 0 Å². The highest BCUT2D eigenvalue weighted by Gasteiger charge is 2.17. The van der Waals surface area contributed by atoms with Gasteiger partial charge >= 0.3 is 6.01 Å². The van der Waals surface area contributed by atoms with Crippen molar-refractivity contribution in [2.45, 2.75) is 13.3 Å². The van der Waals surface area contributed by atoms with Crippen LogP contribution < -0.4 is 10.2 Å². The molecular formula is C14H18N4O. The van der Waals surface area contributed by atoms with Gasteiger partial charge in [0.25, 0.3) is 0 Å². The van der Waals surface area contributed by atoms with Crippen LogP contribution in [0, 0.1) is 0 Å². The SMILES string of the molecule is CCc1ccc(-c2nnc(N3CCNCC3)o2)cc1. The number of anilines is 1. The van der Waals surface area contributed by atoms with Crippen molar-refractivity contribution in [3.05, 3.63) is 29.8 Å². The van der Waals surface area contributed by atoms with E-state index in [1.807, 2.05) is 12.1 Å². The Hall–Kier alpha value is -1.88. The second-order valence-corrected chi connectivity index (χ2v) is 4.68. The van der Waals surface area contributed by atoms with Gasteiger partial charge in [0.15, 0.2) is 0 Å². The summed E-state index contributed by atoms with van der Waals surface area (Å²) in [5, 5.41) is 11.6. The van der Waals surface area contributed by atoms with Gasteiger partial charge in [-0.3, -0.25) is 0 Å². The third-order valence-electron chi connectivity index (χ3n) is 3.41. The van der Waals surface area contributed by atoms with Crippen LogP contribution in [-0.4, -0.2) is 36.4 Å². The molecule has 1 aliphatic heterocycles. The van der Waals surface area contributed by atoms with Gasteiger partial charge in [0, 0.05) is 31.7 Å². The van der Waals surface area contributed by atoms with Crippen LogP contribution in [0.4, 0.5) is 6.01 Å². The molecule has 0 spiro atoms. The van der Waals surface area contributed by atoms with Crippen LogP contribution in [0.1, 0.15) is 12.5 Å². The van der Waals surface area contributed by atoms with E-state index in [4.69, 9.17) is 4.42 Å². The lowest BCUT2D eigenvalue weighted by molar-refractivity contribution is 0.505. The van der Waals surface area contributed by atoms with Crippen LogP contribution in [0.5, 0.6) is 0 Å². The van der Waals surface area contributed by atoms with Crippen LogP contribution >= 0.6 is 0 Å². The third kappa shape index (κ3) is 2.61. The Kier molecular flexibility index (Phi) is 3.46. The fraction of sp³-hybridized carbons (Fsp3) is 0.429. The molecular weight excluding hydrogens is 240 g/mol. The highest BCUT2D eigenvalue weighted by atomic mass is 16.4. The molecule has 100 valence electrons. The molecule has 2 aromatic rings. The molecule has 0 unspecified atom stereocenters. The first-order valence-electron chi connectivity index (χ1n) is 6.75. The Morgan fingerprint density at radius 1 is 1.16 bits per heavy atom. The Labute approximate surface area is 112 Å². The minimum Gasteiger partial charge on any atom is -0.403 e. The van der Waals surface area contributed by atoms with Gasteiger partial charge in [0.1, 0.15) is 0 Å². The molecule has 1 N–H and O–H groups in total. The first-order valence-corrected chi connectivity index (χ1v) is 6.75. The minimum absolute atomic E-state index is 0.594. The highest BCUT2D eigenvalue weighted by molar-refractivity contribution is 5.54. The van der Waals surface area contributed by atoms with E-state index >= 15 is 0 Å². The predicted octanol–water partition coefficient (Wildman–Crippen LogP) is 1.71. The fourth-order valence-corrected chi connectivity index (χ4v) is 2.20. The molecule has 0 aliphatic carbocycles. The predicted molar refractivity (Wildman–Crippen MR) is 74.2 cm³/mol. The Morgan fingerprint density at radius 2 is 1.89 bits per heavy atom. The fourth-order valence-electron chi connectivity index (χ4n) is 2.20. The monoisotopic (exact) mass is 258 g/mol. The molecule has 1 fully saturated rings. The number of aryl methyl sites for hydroxylation is 1. The number of piperazine rings is 1. The molecule has 0 bridgehead atoms. The van der Waals surface area contributed by atoms with Crippen molar-refractivity contribution in [2.24, 2.45) is 0 Å². The molecule has 0 atom stereocenters. The maximum absolute atomic E-state index is 5.76. The van der Waals surface area contributed by atoms with E-state index < -0.39 is 0 Å². The molecule has 1 aromatic carbocycles. The van der Waals surface area contributed by atoms with E-state index in [-0.39, 0.29) is 0 Å². The van der Waals surface area contributed by atoms with E-state index in [2.05, 4.69) is 39.5 Å². The average Bonchev–Trinajstić information content (AvgIpc) is 2.98. The van der Waals surface area contributed by atoms with Crippen LogP contribution in [0.25, 0.3) is 11.5 Å². The van der Waals surface area contributed by atoms with Gasteiger partial charge in [0.05, 0.1) is 0 Å². The summed E-state index contributed by atoms with van der Waals surface area (Å²) in [6, 6.07) is 8.89. The lowest BCUT2D eigenvalue weighted by Gasteiger charge is -2.24. The normalized spacial score (nSPS) is 15.7. The summed E-state index contributed by atoms with van der Waals surface area (Å²) >= 11 is 0. The molecule has 1 saturated heterocycles. The lowest BCUT2D eigenvalue weighted by Crippen LogP contribution is -2.43. The summed E-state index contributed by atoms with van der Waals surface area (Å²) in [6.45, 7) is 5.89. The van der Waals surface area contributed by atoms with Gasteiger partial charge in [-0.05, 0) is 24.1 Å². The quantitative estimate of drug-likeness (QED) is 0.908. The highest BCUT2D eigenvalue weighted by Crippen LogP contribution is 2.22. The zero-order valence-corrected chi connectivity index (χ0v) is 11.1. The van der Waals surface area contributed by atoms with Crippen LogP contribution in [0.2, 0.25) is 0 Å². The van der Waals surface area contributed by atoms with Crippen molar-refractivity contribution >= 4 is 6.01 Å². The average molecular weight is 258 g/mol. The second kappa shape index (κ2) is 5.40. The Morgan fingerprint density at radius 3 is 2.58 bits per heavy atom. The van der Waals surface area contributed by atoms with E-state index in [0.29, 0.717) is 11.9 Å². The summed E-state index contributed by atoms with van der Waals surface area (Å²) in [6.07, 6.45) is 1.04. The van der Waals surface area contributed by atoms with Crippen molar-refractivity contribution in [3.8, 4) is 11.5 Å². The number of nitrogens with zero attached hydrogens (tertiary/aromatic N) is 3. The summed E-state index contributed by atoms with van der Waals surface area (Å²) in [4.78, 5) is 2.12. The van der Waals surface area contributed by atoms with Crippen LogP contribution in [0.15, 0.2) is 28.7 Å². The largest absolute Gasteiger partial charge is 0.403 e. The van der Waals surface area contributed by atoms with Gasteiger partial charge in [-0.25, -0.2) is 0 Å². The van der Waals surface area contributed by atoms with Crippen molar-refractivity contribution in [2.75, 3.05) is 31.1 Å². The van der Waals surface area contributed by atoms with Gasteiger partial charge in [-0.1, -0.05) is 24.2 Å². The molecule has 0 radical (unpaired) electrons. The van der Waals surface area contributed by atoms with E-state index in [1.165, 1.54) is 5.56 Å². The third-order valence-corrected chi connectivity index (χ3v) is 3.41. The number of benzene rings is 1. The number of hydrogen-bond acceptors (Lipinski definition) is 5. The molecule has 3 rings (SSSR count). The molecule has 5 heteroatoms. The number of nitrogens with one attached hydrogen (secondary N) is 1. The van der Waals surface area contributed by atoms with E-state index in [0.717, 1.165) is 38.2 Å². The maximum atomic E-state index is 5.76. The van der Waals surface area contributed by atoms with Gasteiger partial charge in [0.2, 0.25) is 5.89 Å². The molecule has 0 amide bonds. The van der Waals surface area contributed by atoms with Crippen molar-refractivity contribution in [3.63, 3.8) is 0 Å². The van der Waals surface area contributed by atoms with Crippen molar-refractivity contribution < 1.29 is 4.42 Å². The zero-order valence-electron chi connectivity index (χ0n) is 11.1. The maximum Gasteiger partial charge on any atom is 0.318 e.